The first-order valence-corrected chi connectivity index (χ1v) is 11.1. The number of thiocarbonyl (C=S) groups is 1. The summed E-state index contributed by atoms with van der Waals surface area (Å²) in [6, 6.07) is 16.1. The molecule has 1 aromatic heterocycles. The van der Waals surface area contributed by atoms with Gasteiger partial charge in [0.2, 0.25) is 5.91 Å². The van der Waals surface area contributed by atoms with Crippen LogP contribution in [0.5, 0.6) is 5.75 Å². The van der Waals surface area contributed by atoms with Crippen molar-refractivity contribution in [1.29, 1.82) is 0 Å². The predicted molar refractivity (Wildman–Crippen MR) is 135 cm³/mol. The molecule has 1 amide bonds. The normalized spacial score (nSPS) is 10.8. The van der Waals surface area contributed by atoms with Crippen LogP contribution in [0.25, 0.3) is 16.7 Å². The fraction of sp³-hybridized carbons (Fsp3) is 0.130. The van der Waals surface area contributed by atoms with Gasteiger partial charge < -0.3 is 15.4 Å². The minimum atomic E-state index is -0.226. The maximum absolute atomic E-state index is 12.3. The molecule has 7 nitrogen and oxygen atoms in total. The Labute approximate surface area is 205 Å². The van der Waals surface area contributed by atoms with Crippen LogP contribution in [0.1, 0.15) is 11.1 Å². The van der Waals surface area contributed by atoms with Gasteiger partial charge in [0.25, 0.3) is 0 Å². The van der Waals surface area contributed by atoms with E-state index in [1.54, 1.807) is 43.5 Å². The first-order chi connectivity index (χ1) is 15.8. The van der Waals surface area contributed by atoms with Crippen LogP contribution in [0, 0.1) is 6.92 Å². The van der Waals surface area contributed by atoms with Crippen molar-refractivity contribution in [1.82, 2.24) is 20.3 Å². The van der Waals surface area contributed by atoms with Crippen molar-refractivity contribution < 1.29 is 9.53 Å². The molecule has 0 saturated heterocycles. The van der Waals surface area contributed by atoms with Gasteiger partial charge in [-0.3, -0.25) is 4.79 Å². The van der Waals surface area contributed by atoms with E-state index in [2.05, 4.69) is 20.8 Å². The molecule has 0 aliphatic rings. The smallest absolute Gasteiger partial charge is 0.230 e. The number of anilines is 1. The summed E-state index contributed by atoms with van der Waals surface area (Å²) in [4.78, 5) is 13.8. The second kappa shape index (κ2) is 9.74. The quantitative estimate of drug-likeness (QED) is 0.371. The van der Waals surface area contributed by atoms with Gasteiger partial charge in [0.05, 0.1) is 24.2 Å². The standard InChI is InChI=1S/C23H19Cl2N5O2S/c1-13-9-19-20(29-30(28-19)16-7-8-21(32-2)17(25)11-16)12-18(13)26-23(33)27-22(31)10-14-3-5-15(24)6-4-14/h3-9,11-12H,10H2,1-2H3,(H2,26,27,31,33). The van der Waals surface area contributed by atoms with E-state index in [0.717, 1.165) is 16.8 Å². The number of carbonyl (C=O) groups excluding carboxylic acids is 1. The Morgan fingerprint density at radius 1 is 1.06 bits per heavy atom. The fourth-order valence-electron chi connectivity index (χ4n) is 3.21. The molecule has 4 rings (SSSR count). The van der Waals surface area contributed by atoms with Gasteiger partial charge >= 0.3 is 0 Å². The van der Waals surface area contributed by atoms with Crippen molar-refractivity contribution in [3.05, 3.63) is 75.8 Å². The Bertz CT molecular complexity index is 1360. The molecule has 0 bridgehead atoms. The largest absolute Gasteiger partial charge is 0.495 e. The van der Waals surface area contributed by atoms with Crippen molar-refractivity contribution in [3.8, 4) is 11.4 Å². The third-order valence-electron chi connectivity index (χ3n) is 4.87. The molecular formula is C23H19Cl2N5O2S. The zero-order valence-electron chi connectivity index (χ0n) is 17.7. The summed E-state index contributed by atoms with van der Waals surface area (Å²) in [5.41, 5.74) is 4.53. The molecule has 0 fully saturated rings. The molecule has 0 aliphatic carbocycles. The Morgan fingerprint density at radius 2 is 1.76 bits per heavy atom. The summed E-state index contributed by atoms with van der Waals surface area (Å²) >= 11 is 17.4. The first-order valence-electron chi connectivity index (χ1n) is 9.89. The highest BCUT2D eigenvalue weighted by Gasteiger charge is 2.12. The van der Waals surface area contributed by atoms with Gasteiger partial charge in [0, 0.05) is 10.7 Å². The third-order valence-corrected chi connectivity index (χ3v) is 5.62. The van der Waals surface area contributed by atoms with E-state index in [4.69, 9.17) is 40.2 Å². The van der Waals surface area contributed by atoms with Crippen LogP contribution in [0.3, 0.4) is 0 Å². The van der Waals surface area contributed by atoms with Gasteiger partial charge in [0.1, 0.15) is 16.8 Å². The van der Waals surface area contributed by atoms with Crippen LogP contribution < -0.4 is 15.4 Å². The number of benzene rings is 3. The molecule has 1 heterocycles. The lowest BCUT2D eigenvalue weighted by Crippen LogP contribution is -2.35. The molecule has 0 unspecified atom stereocenters. The summed E-state index contributed by atoms with van der Waals surface area (Å²) < 4.78 is 5.19. The number of carbonyl (C=O) groups is 1. The summed E-state index contributed by atoms with van der Waals surface area (Å²) in [5, 5.41) is 16.1. The summed E-state index contributed by atoms with van der Waals surface area (Å²) in [7, 11) is 1.56. The number of ether oxygens (including phenoxy) is 1. The number of nitrogens with one attached hydrogen (secondary N) is 2. The number of hydrogen-bond donors (Lipinski definition) is 2. The number of methoxy groups -OCH3 is 1. The van der Waals surface area contributed by atoms with E-state index in [1.807, 2.05) is 25.1 Å². The maximum Gasteiger partial charge on any atom is 0.230 e. The second-order valence-electron chi connectivity index (χ2n) is 7.27. The van der Waals surface area contributed by atoms with E-state index in [1.165, 1.54) is 4.80 Å². The van der Waals surface area contributed by atoms with E-state index in [0.29, 0.717) is 32.5 Å². The number of hydrogen-bond acceptors (Lipinski definition) is 5. The van der Waals surface area contributed by atoms with Crippen LogP contribution in [0.2, 0.25) is 10.0 Å². The number of aryl methyl sites for hydroxylation is 1. The van der Waals surface area contributed by atoms with Crippen LogP contribution in [0.4, 0.5) is 5.69 Å². The van der Waals surface area contributed by atoms with Gasteiger partial charge in [-0.15, -0.1) is 10.2 Å². The van der Waals surface area contributed by atoms with E-state index in [-0.39, 0.29) is 17.4 Å². The molecule has 2 N–H and O–H groups in total. The fourth-order valence-corrected chi connectivity index (χ4v) is 3.81. The molecule has 33 heavy (non-hydrogen) atoms. The molecule has 0 saturated carbocycles. The van der Waals surface area contributed by atoms with Gasteiger partial charge in [-0.2, -0.15) is 4.80 Å². The molecule has 0 spiro atoms. The number of amides is 1. The third kappa shape index (κ3) is 5.42. The molecular weight excluding hydrogens is 481 g/mol. The second-order valence-corrected chi connectivity index (χ2v) is 8.52. The van der Waals surface area contributed by atoms with Crippen LogP contribution in [0.15, 0.2) is 54.6 Å². The Balaban J connectivity index is 1.48. The Hall–Kier alpha value is -3.20. The topological polar surface area (TPSA) is 81.1 Å². The molecule has 4 aromatic rings. The number of halogens is 2. The van der Waals surface area contributed by atoms with E-state index < -0.39 is 0 Å². The SMILES string of the molecule is COc1ccc(-n2nc3cc(C)c(NC(=S)NC(=O)Cc4ccc(Cl)cc4)cc3n2)cc1Cl. The van der Waals surface area contributed by atoms with Crippen molar-refractivity contribution in [2.24, 2.45) is 0 Å². The number of rotatable bonds is 5. The van der Waals surface area contributed by atoms with Crippen molar-refractivity contribution >= 4 is 63.2 Å². The molecule has 0 radical (unpaired) electrons. The zero-order valence-corrected chi connectivity index (χ0v) is 20.1. The summed E-state index contributed by atoms with van der Waals surface area (Å²) in [6.45, 7) is 1.92. The highest BCUT2D eigenvalue weighted by atomic mass is 35.5. The number of aromatic nitrogens is 3. The van der Waals surface area contributed by atoms with E-state index in [9.17, 15) is 4.79 Å². The minimum Gasteiger partial charge on any atom is -0.495 e. The number of fused-ring (bicyclic) bond motifs is 1. The highest BCUT2D eigenvalue weighted by molar-refractivity contribution is 7.80. The lowest BCUT2D eigenvalue weighted by Gasteiger charge is -2.11. The predicted octanol–water partition coefficient (Wildman–Crippen LogP) is 5.10. The van der Waals surface area contributed by atoms with Gasteiger partial charge in [-0.05, 0) is 72.7 Å². The van der Waals surface area contributed by atoms with Gasteiger partial charge in [0.15, 0.2) is 5.11 Å². The molecule has 10 heteroatoms. The van der Waals surface area contributed by atoms with Crippen LogP contribution in [-0.4, -0.2) is 33.1 Å². The summed E-state index contributed by atoms with van der Waals surface area (Å²) in [5.74, 6) is 0.349. The lowest BCUT2D eigenvalue weighted by molar-refractivity contribution is -0.119. The molecule has 0 aliphatic heterocycles. The van der Waals surface area contributed by atoms with Gasteiger partial charge in [-0.25, -0.2) is 0 Å². The summed E-state index contributed by atoms with van der Waals surface area (Å²) in [6.07, 6.45) is 0.190. The Morgan fingerprint density at radius 3 is 2.42 bits per heavy atom. The Kier molecular flexibility index (Phi) is 6.78. The molecule has 0 atom stereocenters. The first kappa shape index (κ1) is 23.0. The van der Waals surface area contributed by atoms with Crippen molar-refractivity contribution in [2.75, 3.05) is 12.4 Å². The van der Waals surface area contributed by atoms with Gasteiger partial charge in [-0.1, -0.05) is 35.3 Å². The highest BCUT2D eigenvalue weighted by Crippen LogP contribution is 2.27. The van der Waals surface area contributed by atoms with Crippen LogP contribution in [-0.2, 0) is 11.2 Å². The average Bonchev–Trinajstić information content (AvgIpc) is 3.18. The average molecular weight is 500 g/mol. The monoisotopic (exact) mass is 499 g/mol. The molecule has 168 valence electrons. The lowest BCUT2D eigenvalue weighted by atomic mass is 10.1. The van der Waals surface area contributed by atoms with E-state index >= 15 is 0 Å². The zero-order chi connectivity index (χ0) is 23.5. The number of nitrogens with zero attached hydrogens (tertiary/aromatic N) is 3. The van der Waals surface area contributed by atoms with Crippen molar-refractivity contribution in [2.45, 2.75) is 13.3 Å². The maximum atomic E-state index is 12.3. The minimum absolute atomic E-state index is 0.190. The molecule has 3 aromatic carbocycles. The van der Waals surface area contributed by atoms with Crippen molar-refractivity contribution in [3.63, 3.8) is 0 Å². The van der Waals surface area contributed by atoms with Crippen LogP contribution >= 0.6 is 35.4 Å².